The fourth-order valence-corrected chi connectivity index (χ4v) is 5.74. The van der Waals surface area contributed by atoms with Gasteiger partial charge in [0.05, 0.1) is 19.3 Å². The van der Waals surface area contributed by atoms with E-state index < -0.39 is 38.6 Å². The Morgan fingerprint density at radius 2 is 1.20 bits per heavy atom. The van der Waals surface area contributed by atoms with E-state index in [2.05, 4.69) is 80.7 Å². The number of rotatable bonds is 37. The molecule has 318 valence electrons. The lowest BCUT2D eigenvalue weighted by atomic mass is 10.1. The maximum absolute atomic E-state index is 12.6. The average Bonchev–Trinajstić information content (AvgIpc) is 3.18. The van der Waals surface area contributed by atoms with E-state index in [1.165, 1.54) is 38.5 Å². The standard InChI is InChI=1S/C45H74NO9P/c1-3-5-7-9-11-13-15-17-18-19-20-22-24-26-28-30-32-36-45(49)55-43(41-54-56(50,51)53-39-38-46)40-52-44(48)37-33-35-42(47)34-31-29-27-25-23-21-16-14-12-10-8-6-4-2/h6,8,12,14,17-18,20-23,26-29,31,34,42-43,47H,3-5,7,9-11,13,15-16,19,24-25,30,32-33,35-41,46H2,1-2H3,(H,50,51)/b8-6-,14-12-,18-17-,22-20-,23-21-,28-26-,29-27-,34-31+/t42?,43-/m1/s1. The summed E-state index contributed by atoms with van der Waals surface area (Å²) in [7, 11) is -4.44. The van der Waals surface area contributed by atoms with Crippen LogP contribution < -0.4 is 5.73 Å². The molecular formula is C45H74NO9P. The van der Waals surface area contributed by atoms with Crippen molar-refractivity contribution in [2.75, 3.05) is 26.4 Å². The number of hydrogen-bond acceptors (Lipinski definition) is 9. The highest BCUT2D eigenvalue weighted by Crippen LogP contribution is 2.43. The highest BCUT2D eigenvalue weighted by molar-refractivity contribution is 7.47. The zero-order valence-corrected chi connectivity index (χ0v) is 35.3. The van der Waals surface area contributed by atoms with Crippen LogP contribution in [-0.2, 0) is 32.7 Å². The number of phosphoric ester groups is 1. The maximum atomic E-state index is 12.6. The molecule has 0 heterocycles. The fraction of sp³-hybridized carbons (Fsp3) is 0.600. The van der Waals surface area contributed by atoms with Crippen molar-refractivity contribution in [2.24, 2.45) is 5.73 Å². The third kappa shape index (κ3) is 39.1. The second-order valence-corrected chi connectivity index (χ2v) is 14.8. The number of aliphatic hydroxyl groups excluding tert-OH is 1. The summed E-state index contributed by atoms with van der Waals surface area (Å²) in [5, 5.41) is 10.2. The topological polar surface area (TPSA) is 155 Å². The number of nitrogens with two attached hydrogens (primary N) is 1. The quantitative estimate of drug-likeness (QED) is 0.0182. The average molecular weight is 804 g/mol. The van der Waals surface area contributed by atoms with Crippen LogP contribution in [0.4, 0.5) is 0 Å². The van der Waals surface area contributed by atoms with E-state index in [9.17, 15) is 24.2 Å². The van der Waals surface area contributed by atoms with Crippen molar-refractivity contribution >= 4 is 19.8 Å². The Bertz CT molecular complexity index is 1250. The van der Waals surface area contributed by atoms with E-state index in [1.54, 1.807) is 12.2 Å². The number of ether oxygens (including phenoxy) is 2. The van der Waals surface area contributed by atoms with Crippen LogP contribution in [-0.4, -0.2) is 60.5 Å². The van der Waals surface area contributed by atoms with Gasteiger partial charge in [0, 0.05) is 19.4 Å². The molecule has 0 aliphatic rings. The molecule has 0 aliphatic heterocycles. The summed E-state index contributed by atoms with van der Waals surface area (Å²) >= 11 is 0. The lowest BCUT2D eigenvalue weighted by molar-refractivity contribution is -0.161. The summed E-state index contributed by atoms with van der Waals surface area (Å²) in [6.07, 6.45) is 47.7. The van der Waals surface area contributed by atoms with Gasteiger partial charge in [-0.1, -0.05) is 143 Å². The molecule has 10 nitrogen and oxygen atoms in total. The van der Waals surface area contributed by atoms with Crippen molar-refractivity contribution in [3.8, 4) is 0 Å². The second kappa shape index (κ2) is 40.1. The molecule has 0 saturated heterocycles. The highest BCUT2D eigenvalue weighted by Gasteiger charge is 2.26. The number of aliphatic hydroxyl groups is 1. The van der Waals surface area contributed by atoms with Gasteiger partial charge < -0.3 is 25.2 Å². The van der Waals surface area contributed by atoms with Crippen LogP contribution in [0, 0.1) is 0 Å². The summed E-state index contributed by atoms with van der Waals surface area (Å²) in [6.45, 7) is 3.29. The number of phosphoric acid groups is 1. The smallest absolute Gasteiger partial charge is 0.462 e. The molecular weight excluding hydrogens is 729 g/mol. The zero-order chi connectivity index (χ0) is 41.2. The van der Waals surface area contributed by atoms with Gasteiger partial charge in [-0.2, -0.15) is 0 Å². The summed E-state index contributed by atoms with van der Waals surface area (Å²) in [6, 6.07) is 0. The summed E-state index contributed by atoms with van der Waals surface area (Å²) < 4.78 is 32.5. The van der Waals surface area contributed by atoms with Gasteiger partial charge in [0.2, 0.25) is 0 Å². The van der Waals surface area contributed by atoms with E-state index >= 15 is 0 Å². The molecule has 0 spiro atoms. The molecule has 56 heavy (non-hydrogen) atoms. The van der Waals surface area contributed by atoms with Crippen molar-refractivity contribution in [1.82, 2.24) is 0 Å². The first kappa shape index (κ1) is 52.9. The molecule has 0 bridgehead atoms. The Hall–Kier alpha value is -3.11. The number of carbonyl (C=O) groups is 2. The van der Waals surface area contributed by atoms with Gasteiger partial charge in [0.15, 0.2) is 6.10 Å². The van der Waals surface area contributed by atoms with Crippen LogP contribution in [0.25, 0.3) is 0 Å². The van der Waals surface area contributed by atoms with E-state index in [-0.39, 0.29) is 32.6 Å². The van der Waals surface area contributed by atoms with Crippen LogP contribution in [0.3, 0.4) is 0 Å². The molecule has 0 fully saturated rings. The predicted octanol–water partition coefficient (Wildman–Crippen LogP) is 10.8. The normalized spacial score (nSPS) is 14.9. The number of hydrogen-bond donors (Lipinski definition) is 3. The monoisotopic (exact) mass is 804 g/mol. The molecule has 0 rings (SSSR count). The van der Waals surface area contributed by atoms with Crippen molar-refractivity contribution in [1.29, 1.82) is 0 Å². The molecule has 0 saturated carbocycles. The Morgan fingerprint density at radius 3 is 1.82 bits per heavy atom. The van der Waals surface area contributed by atoms with Crippen LogP contribution in [0.15, 0.2) is 97.2 Å². The van der Waals surface area contributed by atoms with Crippen LogP contribution in [0.1, 0.15) is 136 Å². The lowest BCUT2D eigenvalue weighted by Crippen LogP contribution is -2.29. The van der Waals surface area contributed by atoms with Crippen LogP contribution >= 0.6 is 7.82 Å². The van der Waals surface area contributed by atoms with Gasteiger partial charge >= 0.3 is 19.8 Å². The van der Waals surface area contributed by atoms with E-state index in [1.807, 2.05) is 18.2 Å². The van der Waals surface area contributed by atoms with Gasteiger partial charge in [0.1, 0.15) is 6.61 Å². The first-order valence-electron chi connectivity index (χ1n) is 20.8. The highest BCUT2D eigenvalue weighted by atomic mass is 31.2. The molecule has 0 amide bonds. The zero-order valence-electron chi connectivity index (χ0n) is 34.4. The molecule has 0 radical (unpaired) electrons. The van der Waals surface area contributed by atoms with Gasteiger partial charge in [-0.15, -0.1) is 0 Å². The second-order valence-electron chi connectivity index (χ2n) is 13.3. The largest absolute Gasteiger partial charge is 0.472 e. The Labute approximate surface area is 339 Å². The maximum Gasteiger partial charge on any atom is 0.472 e. The molecule has 0 aromatic heterocycles. The Morgan fingerprint density at radius 1 is 0.643 bits per heavy atom. The van der Waals surface area contributed by atoms with Gasteiger partial charge in [0.25, 0.3) is 0 Å². The van der Waals surface area contributed by atoms with E-state index in [4.69, 9.17) is 24.3 Å². The summed E-state index contributed by atoms with van der Waals surface area (Å²) in [5.41, 5.74) is 5.33. The summed E-state index contributed by atoms with van der Waals surface area (Å²) in [5.74, 6) is -1.11. The SMILES string of the molecule is CC/C=C\C/C=C\C/C=C\C/C=C\C=C\C(O)CCCC(=O)OC[C@H](COP(=O)(O)OCCN)OC(=O)CCC/C=C\C/C=C\C/C=C\CCCCCCCC. The van der Waals surface area contributed by atoms with Crippen LogP contribution in [0.2, 0.25) is 0 Å². The molecule has 0 aliphatic carbocycles. The van der Waals surface area contributed by atoms with Gasteiger partial charge in [-0.05, 0) is 77.0 Å². The number of carbonyl (C=O) groups excluding carboxylic acids is 2. The number of esters is 2. The fourth-order valence-electron chi connectivity index (χ4n) is 4.97. The summed E-state index contributed by atoms with van der Waals surface area (Å²) in [4.78, 5) is 34.8. The van der Waals surface area contributed by atoms with E-state index in [0.717, 1.165) is 44.9 Å². The molecule has 2 unspecified atom stereocenters. The first-order valence-corrected chi connectivity index (χ1v) is 22.3. The van der Waals surface area contributed by atoms with Crippen molar-refractivity contribution in [3.63, 3.8) is 0 Å². The van der Waals surface area contributed by atoms with E-state index in [0.29, 0.717) is 25.7 Å². The van der Waals surface area contributed by atoms with Gasteiger partial charge in [-0.3, -0.25) is 18.6 Å². The number of unbranched alkanes of at least 4 members (excludes halogenated alkanes) is 7. The molecule has 3 atom stereocenters. The predicted molar refractivity (Wildman–Crippen MR) is 230 cm³/mol. The lowest BCUT2D eigenvalue weighted by Gasteiger charge is -2.19. The minimum absolute atomic E-state index is 0.0142. The molecule has 11 heteroatoms. The Kier molecular flexibility index (Phi) is 37.9. The van der Waals surface area contributed by atoms with Crippen LogP contribution in [0.5, 0.6) is 0 Å². The minimum atomic E-state index is -4.44. The van der Waals surface area contributed by atoms with Crippen molar-refractivity contribution in [2.45, 2.75) is 148 Å². The third-order valence-electron chi connectivity index (χ3n) is 8.06. The molecule has 0 aromatic rings. The minimum Gasteiger partial charge on any atom is -0.462 e. The first-order chi connectivity index (χ1) is 27.2. The third-order valence-corrected chi connectivity index (χ3v) is 9.04. The molecule has 4 N–H and O–H groups in total. The van der Waals surface area contributed by atoms with Crippen molar-refractivity contribution < 1.29 is 42.7 Å². The Balaban J connectivity index is 4.49. The number of allylic oxidation sites excluding steroid dienone is 15. The van der Waals surface area contributed by atoms with Crippen molar-refractivity contribution in [3.05, 3.63) is 97.2 Å². The molecule has 0 aromatic carbocycles. The van der Waals surface area contributed by atoms with Gasteiger partial charge in [-0.25, -0.2) is 4.57 Å².